The Kier molecular flexibility index (Phi) is 10.6. The van der Waals surface area contributed by atoms with E-state index in [9.17, 15) is 5.26 Å². The van der Waals surface area contributed by atoms with Gasteiger partial charge in [-0.3, -0.25) is 4.98 Å². The Morgan fingerprint density at radius 2 is 0.671 bits per heavy atom. The van der Waals surface area contributed by atoms with Crippen LogP contribution in [0.2, 0.25) is 0 Å². The molecular weight excluding hydrogens is 933 g/mol. The van der Waals surface area contributed by atoms with Crippen LogP contribution in [0.25, 0.3) is 134 Å². The van der Waals surface area contributed by atoms with Gasteiger partial charge in [0.1, 0.15) is 6.07 Å². The Bertz CT molecular complexity index is 4450. The highest BCUT2D eigenvalue weighted by atomic mass is 15.1. The fourth-order valence-corrected chi connectivity index (χ4v) is 10.4. The van der Waals surface area contributed by atoms with Gasteiger partial charge in [-0.2, -0.15) is 5.26 Å². The number of aromatic nitrogens is 9. The first-order valence-electron chi connectivity index (χ1n) is 24.9. The fraction of sp³-hybridized carbons (Fsp3) is 0. The zero-order valence-corrected chi connectivity index (χ0v) is 40.6. The van der Waals surface area contributed by atoms with E-state index in [2.05, 4.69) is 111 Å². The summed E-state index contributed by atoms with van der Waals surface area (Å²) < 4.78 is 4.47. The number of rotatable bonds is 9. The summed E-state index contributed by atoms with van der Waals surface area (Å²) in [6.45, 7) is 0. The van der Waals surface area contributed by atoms with Crippen molar-refractivity contribution in [1.29, 1.82) is 5.26 Å². The highest BCUT2D eigenvalue weighted by Crippen LogP contribution is 2.42. The average molecular weight is 973 g/mol. The van der Waals surface area contributed by atoms with Crippen LogP contribution in [0.5, 0.6) is 0 Å². The van der Waals surface area contributed by atoms with E-state index >= 15 is 0 Å². The lowest BCUT2D eigenvalue weighted by atomic mass is 10.0. The second kappa shape index (κ2) is 18.4. The maximum atomic E-state index is 11.3. The number of para-hydroxylation sites is 2. The molecule has 354 valence electrons. The van der Waals surface area contributed by atoms with Gasteiger partial charge in [0.15, 0.2) is 34.9 Å². The number of nitriles is 1. The molecule has 0 amide bonds. The summed E-state index contributed by atoms with van der Waals surface area (Å²) in [5, 5.41) is 15.4. The fourth-order valence-electron chi connectivity index (χ4n) is 10.4. The second-order valence-corrected chi connectivity index (χ2v) is 18.5. The van der Waals surface area contributed by atoms with E-state index in [4.69, 9.17) is 29.9 Å². The van der Waals surface area contributed by atoms with Crippen LogP contribution in [0.15, 0.2) is 243 Å². The van der Waals surface area contributed by atoms with Crippen LogP contribution in [-0.2, 0) is 0 Å². The molecule has 0 saturated carbocycles. The minimum atomic E-state index is 0.501. The first-order chi connectivity index (χ1) is 37.6. The van der Waals surface area contributed by atoms with Crippen molar-refractivity contribution in [1.82, 2.24) is 44.0 Å². The smallest absolute Gasteiger partial charge is 0.164 e. The molecule has 0 aliphatic carbocycles. The van der Waals surface area contributed by atoms with Crippen molar-refractivity contribution < 1.29 is 0 Å². The predicted octanol–water partition coefficient (Wildman–Crippen LogP) is 15.2. The number of nitrogens with zero attached hydrogens (tertiary/aromatic N) is 10. The van der Waals surface area contributed by atoms with Gasteiger partial charge in [0.25, 0.3) is 0 Å². The maximum Gasteiger partial charge on any atom is 0.164 e. The summed E-state index contributed by atoms with van der Waals surface area (Å²) in [6, 6.07) is 80.3. The molecule has 14 aromatic rings. The Balaban J connectivity index is 0.952. The van der Waals surface area contributed by atoms with Crippen LogP contribution in [0, 0.1) is 11.3 Å². The zero-order valence-electron chi connectivity index (χ0n) is 40.6. The Hall–Kier alpha value is -10.8. The molecule has 0 atom stereocenters. The molecule has 0 radical (unpaired) electrons. The third-order valence-corrected chi connectivity index (χ3v) is 13.9. The summed E-state index contributed by atoms with van der Waals surface area (Å²) in [7, 11) is 0. The number of hydrogen-bond donors (Lipinski definition) is 0. The molecule has 0 aliphatic heterocycles. The van der Waals surface area contributed by atoms with Crippen molar-refractivity contribution >= 4 is 43.6 Å². The number of fused-ring (bicyclic) bond motifs is 6. The molecule has 9 aromatic carbocycles. The van der Waals surface area contributed by atoms with Crippen LogP contribution in [0.3, 0.4) is 0 Å². The van der Waals surface area contributed by atoms with Gasteiger partial charge in [0.2, 0.25) is 0 Å². The van der Waals surface area contributed by atoms with Gasteiger partial charge in [0, 0.05) is 78.4 Å². The monoisotopic (exact) mass is 972 g/mol. The van der Waals surface area contributed by atoms with Gasteiger partial charge in [-0.25, -0.2) is 29.9 Å². The molecule has 0 aliphatic rings. The van der Waals surface area contributed by atoms with E-state index in [1.54, 1.807) is 6.20 Å². The molecule has 0 bridgehead atoms. The Morgan fingerprint density at radius 3 is 1.08 bits per heavy atom. The summed E-state index contributed by atoms with van der Waals surface area (Å²) in [4.78, 5) is 34.8. The highest BCUT2D eigenvalue weighted by Gasteiger charge is 2.24. The topological polar surface area (TPSA) is 124 Å². The van der Waals surface area contributed by atoms with Crippen LogP contribution in [0.4, 0.5) is 0 Å². The molecule has 10 nitrogen and oxygen atoms in total. The van der Waals surface area contributed by atoms with Crippen LogP contribution in [0.1, 0.15) is 5.56 Å². The number of pyridine rings is 1. The molecule has 5 heterocycles. The zero-order chi connectivity index (χ0) is 50.5. The first kappa shape index (κ1) is 44.0. The van der Waals surface area contributed by atoms with Crippen LogP contribution in [-0.4, -0.2) is 44.0 Å². The first-order valence-corrected chi connectivity index (χ1v) is 24.9. The average Bonchev–Trinajstić information content (AvgIpc) is 4.04. The van der Waals surface area contributed by atoms with E-state index in [1.807, 2.05) is 146 Å². The molecule has 0 spiro atoms. The normalized spacial score (nSPS) is 11.4. The molecule has 0 fully saturated rings. The van der Waals surface area contributed by atoms with Crippen LogP contribution < -0.4 is 0 Å². The molecule has 0 unspecified atom stereocenters. The van der Waals surface area contributed by atoms with Gasteiger partial charge < -0.3 is 9.13 Å². The summed E-state index contributed by atoms with van der Waals surface area (Å²) in [5.74, 6) is 3.51. The molecule has 10 heteroatoms. The van der Waals surface area contributed by atoms with E-state index in [1.165, 1.54) is 0 Å². The van der Waals surface area contributed by atoms with Gasteiger partial charge in [0.05, 0.1) is 39.0 Å². The van der Waals surface area contributed by atoms with Crippen molar-refractivity contribution in [2.45, 2.75) is 0 Å². The summed E-state index contributed by atoms with van der Waals surface area (Å²) >= 11 is 0. The molecule has 14 rings (SSSR count). The van der Waals surface area contributed by atoms with Gasteiger partial charge in [-0.05, 0) is 66.7 Å². The molecule has 76 heavy (non-hydrogen) atoms. The van der Waals surface area contributed by atoms with Gasteiger partial charge in [-0.15, -0.1) is 0 Å². The van der Waals surface area contributed by atoms with Crippen molar-refractivity contribution in [3.05, 3.63) is 248 Å². The summed E-state index contributed by atoms with van der Waals surface area (Å²) in [5.41, 5.74) is 13.0. The lowest BCUT2D eigenvalue weighted by Gasteiger charge is -2.18. The van der Waals surface area contributed by atoms with E-state index in [0.717, 1.165) is 99.5 Å². The molecule has 0 saturated heterocycles. The third kappa shape index (κ3) is 7.63. The number of benzene rings is 9. The molecular formula is C66H40N10. The number of hydrogen-bond acceptors (Lipinski definition) is 8. The highest BCUT2D eigenvalue weighted by molar-refractivity contribution is 6.12. The van der Waals surface area contributed by atoms with Crippen LogP contribution >= 0.6 is 0 Å². The predicted molar refractivity (Wildman–Crippen MR) is 302 cm³/mol. The summed E-state index contributed by atoms with van der Waals surface area (Å²) in [6.07, 6.45) is 3.67. The van der Waals surface area contributed by atoms with E-state index in [0.29, 0.717) is 40.5 Å². The minimum Gasteiger partial charge on any atom is -0.309 e. The van der Waals surface area contributed by atoms with Crippen molar-refractivity contribution in [2.75, 3.05) is 0 Å². The van der Waals surface area contributed by atoms with E-state index in [-0.39, 0.29) is 0 Å². The van der Waals surface area contributed by atoms with E-state index < -0.39 is 0 Å². The van der Waals surface area contributed by atoms with Gasteiger partial charge in [-0.1, -0.05) is 164 Å². The standard InChI is InChI=1S/C66H40N10/c67-40-49-38-60(76-56-30-16-14-28-51(56)54-37-47(32-34-58(54)76)66-73-63(44-22-9-3-10-23-44)70-64(74-66)45-24-11-4-12-25-45)52(48-26-17-35-68-41-48)39-59(49)75-55-29-15-13-27-50(55)53-36-46(31-33-57(53)75)65-71-61(42-18-5-1-6-19-42)69-62(72-65)43-20-7-2-8-21-43/h1-39,41H. The lowest BCUT2D eigenvalue weighted by Crippen LogP contribution is -2.04. The molecule has 0 N–H and O–H groups in total. The van der Waals surface area contributed by atoms with Crippen molar-refractivity contribution in [3.8, 4) is 96.9 Å². The lowest BCUT2D eigenvalue weighted by molar-refractivity contribution is 1.07. The largest absolute Gasteiger partial charge is 0.309 e. The van der Waals surface area contributed by atoms with Crippen molar-refractivity contribution in [3.63, 3.8) is 0 Å². The Morgan fingerprint density at radius 1 is 0.303 bits per heavy atom. The van der Waals surface area contributed by atoms with Gasteiger partial charge >= 0.3 is 0 Å². The van der Waals surface area contributed by atoms with Crippen molar-refractivity contribution in [2.24, 2.45) is 0 Å². The second-order valence-electron chi connectivity index (χ2n) is 18.5. The third-order valence-electron chi connectivity index (χ3n) is 13.9. The quantitative estimate of drug-likeness (QED) is 0.140. The minimum absolute atomic E-state index is 0.501. The molecule has 5 aromatic heterocycles. The SMILES string of the molecule is N#Cc1cc(-n2c3ccccc3c3cc(-c4nc(-c5ccccc5)nc(-c5ccccc5)n4)ccc32)c(-c2cccnc2)cc1-n1c2ccccc2c2cc(-c3nc(-c4ccccc4)nc(-c4ccccc4)n3)ccc21. The Labute approximate surface area is 436 Å². The maximum absolute atomic E-state index is 11.3.